The van der Waals surface area contributed by atoms with Gasteiger partial charge in [0.05, 0.1) is 27.9 Å². The number of halogens is 1. The number of carbonyl (C=O) groups is 1. The third kappa shape index (κ3) is 6.10. The number of benzene rings is 3. The molecule has 1 aromatic heterocycles. The van der Waals surface area contributed by atoms with Crippen molar-refractivity contribution in [3.63, 3.8) is 0 Å². The smallest absolute Gasteiger partial charge is 0.264 e. The molecule has 1 aliphatic rings. The van der Waals surface area contributed by atoms with Gasteiger partial charge in [0.1, 0.15) is 5.75 Å². The summed E-state index contributed by atoms with van der Waals surface area (Å²) in [5.41, 5.74) is 2.93. The summed E-state index contributed by atoms with van der Waals surface area (Å²) in [4.78, 5) is 22.4. The maximum absolute atomic E-state index is 13.7. The second-order valence-electron chi connectivity index (χ2n) is 9.78. The monoisotopic (exact) mass is 599 g/mol. The topological polar surface area (TPSA) is 83.0 Å². The molecular weight excluding hydrogens is 568 g/mol. The lowest BCUT2D eigenvalue weighted by Gasteiger charge is -2.30. The number of carbonyl (C=O) groups excluding carboxylic acids is 1. The van der Waals surface area contributed by atoms with Crippen molar-refractivity contribution < 1.29 is 30.4 Å². The average molecular weight is 600 g/mol. The van der Waals surface area contributed by atoms with E-state index in [0.29, 0.717) is 29.5 Å². The van der Waals surface area contributed by atoms with E-state index in [1.54, 1.807) is 24.1 Å². The average Bonchev–Trinajstić information content (AvgIpc) is 3.37. The van der Waals surface area contributed by atoms with Gasteiger partial charge in [0.15, 0.2) is 5.13 Å². The van der Waals surface area contributed by atoms with Crippen molar-refractivity contribution in [1.29, 1.82) is 0 Å². The van der Waals surface area contributed by atoms with Crippen LogP contribution in [0.3, 0.4) is 0 Å². The van der Waals surface area contributed by atoms with E-state index < -0.39 is 10.0 Å². The highest BCUT2D eigenvalue weighted by molar-refractivity contribution is 7.92. The summed E-state index contributed by atoms with van der Waals surface area (Å²) in [6, 6.07) is 19.5. The first-order chi connectivity index (χ1) is 18.8. The Labute approximate surface area is 245 Å². The molecule has 3 aromatic carbocycles. The molecule has 0 saturated carbocycles. The zero-order valence-corrected chi connectivity index (χ0v) is 25.1. The van der Waals surface area contributed by atoms with Crippen molar-refractivity contribution in [2.24, 2.45) is 0 Å². The first-order valence-electron chi connectivity index (χ1n) is 12.9. The Kier molecular flexibility index (Phi) is 9.35. The molecular formula is C29H32ClN4O4S2-. The number of sulfonamides is 1. The number of hydrogen-bond donors (Lipinski definition) is 0. The number of anilines is 2. The number of nitrogens with zero attached hydrogens (tertiary/aromatic N) is 4. The number of amides is 1. The Bertz CT molecular complexity index is 1590. The molecule has 0 bridgehead atoms. The summed E-state index contributed by atoms with van der Waals surface area (Å²) in [5, 5.41) is 0.601. The predicted molar refractivity (Wildman–Crippen MR) is 157 cm³/mol. The highest BCUT2D eigenvalue weighted by Crippen LogP contribution is 2.34. The zero-order valence-electron chi connectivity index (χ0n) is 22.7. The van der Waals surface area contributed by atoms with Crippen molar-refractivity contribution >= 4 is 48.3 Å². The SMILES string of the molecule is COc1ccc2sc(N(CCCN(C)C)C(=O)c3ccc(S(=O)(=O)N4CCCc5ccccc54)cc3)nc2c1.[Cl-]. The van der Waals surface area contributed by atoms with Crippen LogP contribution in [0.4, 0.5) is 10.8 Å². The van der Waals surface area contributed by atoms with E-state index in [9.17, 15) is 13.2 Å². The van der Waals surface area contributed by atoms with Gasteiger partial charge in [-0.2, -0.15) is 0 Å². The molecule has 8 nitrogen and oxygen atoms in total. The highest BCUT2D eigenvalue weighted by atomic mass is 35.5. The third-order valence-corrected chi connectivity index (χ3v) is 9.69. The van der Waals surface area contributed by atoms with Crippen molar-refractivity contribution in [2.45, 2.75) is 24.2 Å². The molecule has 0 unspecified atom stereocenters. The molecule has 4 aromatic rings. The first kappa shape index (κ1) is 29.8. The third-order valence-electron chi connectivity index (χ3n) is 6.80. The van der Waals surface area contributed by atoms with Gasteiger partial charge in [0, 0.05) is 24.7 Å². The Hall–Kier alpha value is -3.18. The predicted octanol–water partition coefficient (Wildman–Crippen LogP) is 2.05. The summed E-state index contributed by atoms with van der Waals surface area (Å²) < 4.78 is 34.9. The van der Waals surface area contributed by atoms with Crippen LogP contribution in [0, 0.1) is 0 Å². The number of ether oxygens (including phenoxy) is 1. The lowest BCUT2D eigenvalue weighted by Crippen LogP contribution is -3.00. The van der Waals surface area contributed by atoms with Crippen LogP contribution < -0.4 is 26.3 Å². The van der Waals surface area contributed by atoms with E-state index in [1.807, 2.05) is 56.6 Å². The molecule has 0 aliphatic carbocycles. The molecule has 40 heavy (non-hydrogen) atoms. The Morgan fingerprint density at radius 3 is 2.52 bits per heavy atom. The van der Waals surface area contributed by atoms with Crippen molar-refractivity contribution in [3.05, 3.63) is 77.9 Å². The van der Waals surface area contributed by atoms with Gasteiger partial charge in [-0.3, -0.25) is 14.0 Å². The molecule has 0 saturated heterocycles. The molecule has 0 fully saturated rings. The Morgan fingerprint density at radius 1 is 1.05 bits per heavy atom. The summed E-state index contributed by atoms with van der Waals surface area (Å²) in [7, 11) is 1.85. The summed E-state index contributed by atoms with van der Waals surface area (Å²) in [5.74, 6) is 0.491. The summed E-state index contributed by atoms with van der Waals surface area (Å²) in [6.45, 7) is 1.73. The number of hydrogen-bond acceptors (Lipinski definition) is 7. The molecule has 1 aliphatic heterocycles. The minimum atomic E-state index is -3.76. The zero-order chi connectivity index (χ0) is 27.6. The van der Waals surface area contributed by atoms with Crippen LogP contribution in [0.1, 0.15) is 28.8 Å². The maximum Gasteiger partial charge on any atom is 0.264 e. The van der Waals surface area contributed by atoms with E-state index >= 15 is 0 Å². The van der Waals surface area contributed by atoms with Gasteiger partial charge in [-0.1, -0.05) is 29.5 Å². The van der Waals surface area contributed by atoms with Crippen LogP contribution in [0.25, 0.3) is 10.2 Å². The number of methoxy groups -OCH3 is 1. The molecule has 0 N–H and O–H groups in total. The van der Waals surface area contributed by atoms with E-state index in [-0.39, 0.29) is 23.2 Å². The summed E-state index contributed by atoms with van der Waals surface area (Å²) in [6.07, 6.45) is 2.39. The number of thiazole rings is 1. The number of aromatic nitrogens is 1. The number of rotatable bonds is 9. The summed E-state index contributed by atoms with van der Waals surface area (Å²) >= 11 is 1.45. The van der Waals surface area contributed by atoms with Crippen LogP contribution in [-0.2, 0) is 16.4 Å². The van der Waals surface area contributed by atoms with Crippen LogP contribution in [0.2, 0.25) is 0 Å². The molecule has 5 rings (SSSR count). The van der Waals surface area contributed by atoms with Crippen molar-refractivity contribution in [1.82, 2.24) is 9.88 Å². The molecule has 11 heteroatoms. The van der Waals surface area contributed by atoms with Gasteiger partial charge in [0.25, 0.3) is 15.9 Å². The molecule has 0 spiro atoms. The lowest BCUT2D eigenvalue weighted by atomic mass is 10.0. The van der Waals surface area contributed by atoms with E-state index in [1.165, 1.54) is 27.8 Å². The van der Waals surface area contributed by atoms with E-state index in [0.717, 1.165) is 47.3 Å². The Balaban J connectivity index is 0.00000370. The van der Waals surface area contributed by atoms with Gasteiger partial charge in [-0.05, 0) is 87.9 Å². The van der Waals surface area contributed by atoms with Gasteiger partial charge < -0.3 is 22.0 Å². The van der Waals surface area contributed by atoms with E-state index in [2.05, 4.69) is 4.90 Å². The molecule has 0 radical (unpaired) electrons. The largest absolute Gasteiger partial charge is 1.00 e. The highest BCUT2D eigenvalue weighted by Gasteiger charge is 2.29. The number of para-hydroxylation sites is 1. The minimum absolute atomic E-state index is 0. The normalized spacial score (nSPS) is 13.2. The molecule has 2 heterocycles. The van der Waals surface area contributed by atoms with Crippen LogP contribution >= 0.6 is 11.3 Å². The molecule has 212 valence electrons. The molecule has 1 amide bonds. The first-order valence-corrected chi connectivity index (χ1v) is 15.2. The lowest BCUT2D eigenvalue weighted by molar-refractivity contribution is -0.0000181. The van der Waals surface area contributed by atoms with Crippen molar-refractivity contribution in [3.8, 4) is 5.75 Å². The van der Waals surface area contributed by atoms with Gasteiger partial charge in [-0.25, -0.2) is 13.4 Å². The molecule has 0 atom stereocenters. The number of fused-ring (bicyclic) bond motifs is 2. The second-order valence-corrected chi connectivity index (χ2v) is 12.6. The fraction of sp³-hybridized carbons (Fsp3) is 0.310. The minimum Gasteiger partial charge on any atom is -1.00 e. The second kappa shape index (κ2) is 12.6. The van der Waals surface area contributed by atoms with Crippen LogP contribution in [0.15, 0.2) is 71.6 Å². The number of aryl methyl sites for hydroxylation is 1. The van der Waals surface area contributed by atoms with Gasteiger partial charge >= 0.3 is 0 Å². The Morgan fingerprint density at radius 2 is 1.80 bits per heavy atom. The van der Waals surface area contributed by atoms with E-state index in [4.69, 9.17) is 9.72 Å². The van der Waals surface area contributed by atoms with Crippen LogP contribution in [0.5, 0.6) is 5.75 Å². The standard InChI is InChI=1S/C29H32N4O4S2.ClH/c1-31(2)17-7-18-32(29-30-25-20-23(37-3)13-16-27(25)38-29)28(34)22-11-14-24(15-12-22)39(35,36)33-19-6-9-21-8-4-5-10-26(21)33;/h4-5,8,10-16,20H,6-7,9,17-19H2,1-3H3;1H/p-1. The van der Waals surface area contributed by atoms with Gasteiger partial charge in [-0.15, -0.1) is 0 Å². The quantitative estimate of drug-likeness (QED) is 0.293. The fourth-order valence-corrected chi connectivity index (χ4v) is 7.28. The maximum atomic E-state index is 13.7. The van der Waals surface area contributed by atoms with Crippen LogP contribution in [-0.4, -0.2) is 65.0 Å². The van der Waals surface area contributed by atoms with Gasteiger partial charge in [0.2, 0.25) is 0 Å². The van der Waals surface area contributed by atoms with Crippen molar-refractivity contribution in [2.75, 3.05) is 50.0 Å². The fourth-order valence-electron chi connectivity index (χ4n) is 4.77.